The molecule has 1 amide bonds. The lowest BCUT2D eigenvalue weighted by Crippen LogP contribution is -2.54. The van der Waals surface area contributed by atoms with Gasteiger partial charge in [0.05, 0.1) is 6.04 Å². The molecule has 1 atom stereocenters. The van der Waals surface area contributed by atoms with Gasteiger partial charge in [0.15, 0.2) is 5.13 Å². The molecule has 1 aromatic heterocycles. The Balaban J connectivity index is 1.47. The maximum Gasteiger partial charge on any atom is 0.237 e. The number of rotatable bonds is 4. The Bertz CT molecular complexity index is 450. The maximum atomic E-state index is 12.3. The quantitative estimate of drug-likeness (QED) is 0.920. The number of hydrogen-bond acceptors (Lipinski definition) is 5. The van der Waals surface area contributed by atoms with Crippen molar-refractivity contribution in [2.45, 2.75) is 44.7 Å². The molecule has 1 aliphatic heterocycles. The third-order valence-corrected chi connectivity index (χ3v) is 5.47. The molecule has 1 N–H and O–H groups in total. The number of anilines is 1. The third kappa shape index (κ3) is 3.55. The summed E-state index contributed by atoms with van der Waals surface area (Å²) in [5, 5.41) is 6.32. The van der Waals surface area contributed by atoms with Crippen LogP contribution >= 0.6 is 11.3 Å². The molecule has 1 aliphatic carbocycles. The van der Waals surface area contributed by atoms with Gasteiger partial charge in [-0.1, -0.05) is 12.8 Å². The number of thiazole rings is 1. The van der Waals surface area contributed by atoms with Gasteiger partial charge < -0.3 is 10.2 Å². The smallest absolute Gasteiger partial charge is 0.237 e. The normalized spacial score (nSPS) is 22.4. The standard InChI is InChI=1S/C15H24N4OS/c1-12(14(20)17-13-4-2-3-5-13)18-7-9-19(10-8-18)15-16-6-11-21-15/h6,11-13H,2-5,7-10H2,1H3,(H,17,20). The van der Waals surface area contributed by atoms with Crippen LogP contribution in [0.3, 0.4) is 0 Å². The lowest BCUT2D eigenvalue weighted by molar-refractivity contribution is -0.126. The molecule has 1 aromatic rings. The highest BCUT2D eigenvalue weighted by molar-refractivity contribution is 7.13. The van der Waals surface area contributed by atoms with Crippen molar-refractivity contribution in [2.75, 3.05) is 31.1 Å². The number of carbonyl (C=O) groups excluding carboxylic acids is 1. The van der Waals surface area contributed by atoms with Crippen molar-refractivity contribution in [1.82, 2.24) is 15.2 Å². The van der Waals surface area contributed by atoms with E-state index in [1.54, 1.807) is 11.3 Å². The summed E-state index contributed by atoms with van der Waals surface area (Å²) in [6, 6.07) is 0.389. The molecule has 1 saturated heterocycles. The second-order valence-corrected chi connectivity index (χ2v) is 6.88. The first-order valence-electron chi connectivity index (χ1n) is 7.93. The fourth-order valence-corrected chi connectivity index (χ4v) is 3.93. The molecule has 5 nitrogen and oxygen atoms in total. The van der Waals surface area contributed by atoms with Crippen molar-refractivity contribution in [3.63, 3.8) is 0 Å². The number of piperazine rings is 1. The Morgan fingerprint density at radius 3 is 2.67 bits per heavy atom. The van der Waals surface area contributed by atoms with Crippen LogP contribution in [0.5, 0.6) is 0 Å². The highest BCUT2D eigenvalue weighted by Crippen LogP contribution is 2.20. The Labute approximate surface area is 130 Å². The fourth-order valence-electron chi connectivity index (χ4n) is 3.23. The number of amides is 1. The molecule has 2 fully saturated rings. The van der Waals surface area contributed by atoms with Crippen LogP contribution in [0.1, 0.15) is 32.6 Å². The van der Waals surface area contributed by atoms with Gasteiger partial charge >= 0.3 is 0 Å². The zero-order valence-electron chi connectivity index (χ0n) is 12.6. The van der Waals surface area contributed by atoms with E-state index in [0.717, 1.165) is 44.2 Å². The lowest BCUT2D eigenvalue weighted by Gasteiger charge is -2.37. The molecule has 116 valence electrons. The second-order valence-electron chi connectivity index (χ2n) is 6.00. The van der Waals surface area contributed by atoms with Gasteiger partial charge in [0.25, 0.3) is 0 Å². The average Bonchev–Trinajstić information content (AvgIpc) is 3.20. The lowest BCUT2D eigenvalue weighted by atomic mass is 10.2. The first-order chi connectivity index (χ1) is 10.2. The van der Waals surface area contributed by atoms with Gasteiger partial charge in [-0.15, -0.1) is 11.3 Å². The molecule has 1 unspecified atom stereocenters. The number of nitrogens with one attached hydrogen (secondary N) is 1. The van der Waals surface area contributed by atoms with Crippen LogP contribution in [0.4, 0.5) is 5.13 Å². The minimum Gasteiger partial charge on any atom is -0.352 e. The van der Waals surface area contributed by atoms with Crippen molar-refractivity contribution < 1.29 is 4.79 Å². The molecule has 0 aromatic carbocycles. The summed E-state index contributed by atoms with van der Waals surface area (Å²) in [5.41, 5.74) is 0. The average molecular weight is 308 g/mol. The van der Waals surface area contributed by atoms with Gasteiger partial charge in [0.1, 0.15) is 0 Å². The molecule has 2 heterocycles. The van der Waals surface area contributed by atoms with Crippen LogP contribution < -0.4 is 10.2 Å². The van der Waals surface area contributed by atoms with E-state index in [4.69, 9.17) is 0 Å². The summed E-state index contributed by atoms with van der Waals surface area (Å²) >= 11 is 1.68. The number of hydrogen-bond donors (Lipinski definition) is 1. The first kappa shape index (κ1) is 14.8. The van der Waals surface area contributed by atoms with Crippen LogP contribution in [0.25, 0.3) is 0 Å². The highest BCUT2D eigenvalue weighted by atomic mass is 32.1. The van der Waals surface area contributed by atoms with Crippen molar-refractivity contribution in [1.29, 1.82) is 0 Å². The molecule has 0 spiro atoms. The summed E-state index contributed by atoms with van der Waals surface area (Å²) in [7, 11) is 0. The van der Waals surface area contributed by atoms with Crippen LogP contribution in [0.15, 0.2) is 11.6 Å². The summed E-state index contributed by atoms with van der Waals surface area (Å²) in [6.07, 6.45) is 6.66. The first-order valence-corrected chi connectivity index (χ1v) is 8.81. The van der Waals surface area contributed by atoms with Gasteiger partial charge in [0, 0.05) is 43.8 Å². The molecule has 0 radical (unpaired) electrons. The molecule has 21 heavy (non-hydrogen) atoms. The van der Waals surface area contributed by atoms with Crippen molar-refractivity contribution >= 4 is 22.4 Å². The van der Waals surface area contributed by atoms with Gasteiger partial charge in [0.2, 0.25) is 5.91 Å². The van der Waals surface area contributed by atoms with E-state index in [2.05, 4.69) is 20.1 Å². The minimum atomic E-state index is -0.0240. The van der Waals surface area contributed by atoms with Gasteiger partial charge in [-0.2, -0.15) is 0 Å². The van der Waals surface area contributed by atoms with Crippen LogP contribution in [0, 0.1) is 0 Å². The Kier molecular flexibility index (Phi) is 4.75. The minimum absolute atomic E-state index is 0.0240. The van der Waals surface area contributed by atoms with E-state index in [1.807, 2.05) is 18.5 Å². The van der Waals surface area contributed by atoms with Gasteiger partial charge in [-0.25, -0.2) is 4.98 Å². The highest BCUT2D eigenvalue weighted by Gasteiger charge is 2.28. The number of nitrogens with zero attached hydrogens (tertiary/aromatic N) is 3. The van der Waals surface area contributed by atoms with Crippen molar-refractivity contribution in [3.8, 4) is 0 Å². The van der Waals surface area contributed by atoms with Crippen molar-refractivity contribution in [2.24, 2.45) is 0 Å². The third-order valence-electron chi connectivity index (χ3n) is 4.63. The van der Waals surface area contributed by atoms with Gasteiger partial charge in [-0.3, -0.25) is 9.69 Å². The molecule has 2 aliphatic rings. The second kappa shape index (κ2) is 6.75. The fraction of sp³-hybridized carbons (Fsp3) is 0.733. The van der Waals surface area contributed by atoms with E-state index in [0.29, 0.717) is 6.04 Å². The SMILES string of the molecule is CC(C(=O)NC1CCCC1)N1CCN(c2nccs2)CC1. The Hall–Kier alpha value is -1.14. The zero-order valence-corrected chi connectivity index (χ0v) is 13.4. The summed E-state index contributed by atoms with van der Waals surface area (Å²) < 4.78 is 0. The van der Waals surface area contributed by atoms with Crippen molar-refractivity contribution in [3.05, 3.63) is 11.6 Å². The van der Waals surface area contributed by atoms with E-state index in [-0.39, 0.29) is 11.9 Å². The molecular formula is C15H24N4OS. The molecule has 0 bridgehead atoms. The van der Waals surface area contributed by atoms with Crippen LogP contribution in [0.2, 0.25) is 0 Å². The van der Waals surface area contributed by atoms with Gasteiger partial charge in [-0.05, 0) is 19.8 Å². The molecule has 3 rings (SSSR count). The van der Waals surface area contributed by atoms with E-state index < -0.39 is 0 Å². The van der Waals surface area contributed by atoms with E-state index >= 15 is 0 Å². The largest absolute Gasteiger partial charge is 0.352 e. The Morgan fingerprint density at radius 1 is 1.33 bits per heavy atom. The topological polar surface area (TPSA) is 48.5 Å². The Morgan fingerprint density at radius 2 is 2.05 bits per heavy atom. The molecule has 6 heteroatoms. The van der Waals surface area contributed by atoms with Crippen LogP contribution in [-0.4, -0.2) is 54.1 Å². The zero-order chi connectivity index (χ0) is 14.7. The maximum absolute atomic E-state index is 12.3. The summed E-state index contributed by atoms with van der Waals surface area (Å²) in [6.45, 7) is 5.80. The predicted molar refractivity (Wildman–Crippen MR) is 85.8 cm³/mol. The molecule has 1 saturated carbocycles. The van der Waals surface area contributed by atoms with E-state index in [9.17, 15) is 4.79 Å². The summed E-state index contributed by atoms with van der Waals surface area (Å²) in [5.74, 6) is 0.199. The van der Waals surface area contributed by atoms with Crippen LogP contribution in [-0.2, 0) is 4.79 Å². The monoisotopic (exact) mass is 308 g/mol. The number of aromatic nitrogens is 1. The predicted octanol–water partition coefficient (Wildman–Crippen LogP) is 1.71. The van der Waals surface area contributed by atoms with E-state index in [1.165, 1.54) is 12.8 Å². The summed E-state index contributed by atoms with van der Waals surface area (Å²) in [4.78, 5) is 21.3. The number of carbonyl (C=O) groups is 1. The molecular weight excluding hydrogens is 284 g/mol.